The first kappa shape index (κ1) is 11.3. The van der Waals surface area contributed by atoms with Crippen LogP contribution >= 0.6 is 0 Å². The van der Waals surface area contributed by atoms with E-state index in [-0.39, 0.29) is 0 Å². The van der Waals surface area contributed by atoms with E-state index in [4.69, 9.17) is 0 Å². The first-order valence-corrected chi connectivity index (χ1v) is 5.72. The number of fused-ring (bicyclic) bond motifs is 1. The molecule has 7 heteroatoms. The van der Waals surface area contributed by atoms with Crippen molar-refractivity contribution >= 4 is 17.2 Å². The summed E-state index contributed by atoms with van der Waals surface area (Å²) in [7, 11) is 0. The molecule has 0 saturated carbocycles. The highest BCUT2D eigenvalue weighted by Gasteiger charge is 2.00. The van der Waals surface area contributed by atoms with E-state index < -0.39 is 0 Å². The molecular formula is C12H11N7. The van der Waals surface area contributed by atoms with Crippen molar-refractivity contribution in [3.8, 4) is 0 Å². The van der Waals surface area contributed by atoms with Crippen LogP contribution in [0.15, 0.2) is 48.0 Å². The molecule has 3 heterocycles. The molecular weight excluding hydrogens is 242 g/mol. The van der Waals surface area contributed by atoms with Gasteiger partial charge in [0.2, 0.25) is 0 Å². The van der Waals surface area contributed by atoms with Gasteiger partial charge in [-0.2, -0.15) is 9.62 Å². The van der Waals surface area contributed by atoms with Gasteiger partial charge in [-0.15, -0.1) is 15.3 Å². The van der Waals surface area contributed by atoms with E-state index in [9.17, 15) is 0 Å². The summed E-state index contributed by atoms with van der Waals surface area (Å²) in [6.07, 6.45) is 3.27. The second-order valence-electron chi connectivity index (χ2n) is 3.88. The van der Waals surface area contributed by atoms with Crippen LogP contribution in [-0.4, -0.2) is 30.5 Å². The van der Waals surface area contributed by atoms with Crippen molar-refractivity contribution in [3.05, 3.63) is 48.5 Å². The van der Waals surface area contributed by atoms with Crippen molar-refractivity contribution in [2.24, 2.45) is 5.10 Å². The Balaban J connectivity index is 1.81. The Labute approximate surface area is 109 Å². The third-order valence-electron chi connectivity index (χ3n) is 2.54. The number of pyridine rings is 1. The zero-order valence-electron chi connectivity index (χ0n) is 10.2. The molecule has 0 atom stereocenters. The molecule has 3 aromatic heterocycles. The van der Waals surface area contributed by atoms with Crippen molar-refractivity contribution < 1.29 is 0 Å². The second kappa shape index (κ2) is 4.81. The first-order chi connectivity index (χ1) is 9.33. The lowest BCUT2D eigenvalue weighted by Gasteiger charge is -2.02. The number of hydrogen-bond donors (Lipinski definition) is 1. The van der Waals surface area contributed by atoms with Gasteiger partial charge in [0.05, 0.1) is 11.4 Å². The molecule has 0 bridgehead atoms. The summed E-state index contributed by atoms with van der Waals surface area (Å²) in [5, 5.41) is 16.1. The Morgan fingerprint density at radius 2 is 2.21 bits per heavy atom. The van der Waals surface area contributed by atoms with Crippen molar-refractivity contribution in [2.45, 2.75) is 6.92 Å². The minimum Gasteiger partial charge on any atom is -0.260 e. The summed E-state index contributed by atoms with van der Waals surface area (Å²) < 4.78 is 1.58. The SMILES string of the molecule is C/C(=N/Nc1ccc2nncn2n1)c1ccccn1. The average molecular weight is 253 g/mol. The molecule has 94 valence electrons. The van der Waals surface area contributed by atoms with E-state index >= 15 is 0 Å². The highest BCUT2D eigenvalue weighted by Crippen LogP contribution is 2.05. The summed E-state index contributed by atoms with van der Waals surface area (Å²) in [6, 6.07) is 9.29. The quantitative estimate of drug-likeness (QED) is 0.563. The molecule has 0 aliphatic rings. The monoisotopic (exact) mass is 253 g/mol. The standard InChI is InChI=1S/C12H11N7/c1-9(10-4-2-3-7-13-10)15-16-11-5-6-12-17-14-8-19(12)18-11/h2-8H,1H3,(H,16,18)/b15-9-. The summed E-state index contributed by atoms with van der Waals surface area (Å²) in [6.45, 7) is 1.88. The molecule has 0 amide bonds. The molecule has 0 unspecified atom stereocenters. The van der Waals surface area contributed by atoms with E-state index in [2.05, 4.69) is 30.8 Å². The van der Waals surface area contributed by atoms with Crippen LogP contribution in [0.25, 0.3) is 5.65 Å². The maximum absolute atomic E-state index is 4.25. The van der Waals surface area contributed by atoms with Gasteiger partial charge < -0.3 is 0 Å². The van der Waals surface area contributed by atoms with Crippen LogP contribution < -0.4 is 5.43 Å². The fourth-order valence-corrected chi connectivity index (χ4v) is 1.56. The van der Waals surface area contributed by atoms with Gasteiger partial charge >= 0.3 is 0 Å². The van der Waals surface area contributed by atoms with Crippen LogP contribution in [0.5, 0.6) is 0 Å². The van der Waals surface area contributed by atoms with Gasteiger partial charge in [0.1, 0.15) is 6.33 Å². The molecule has 0 aliphatic carbocycles. The zero-order chi connectivity index (χ0) is 13.1. The Hall–Kier alpha value is -2.83. The fourth-order valence-electron chi connectivity index (χ4n) is 1.56. The lowest BCUT2D eigenvalue weighted by Crippen LogP contribution is -2.03. The van der Waals surface area contributed by atoms with E-state index in [0.29, 0.717) is 11.5 Å². The summed E-state index contributed by atoms with van der Waals surface area (Å²) >= 11 is 0. The number of aromatic nitrogens is 5. The predicted octanol–water partition coefficient (Wildman–Crippen LogP) is 1.36. The van der Waals surface area contributed by atoms with Crippen molar-refractivity contribution in [1.29, 1.82) is 0 Å². The molecule has 3 aromatic rings. The van der Waals surface area contributed by atoms with Gasteiger partial charge in [-0.1, -0.05) is 6.07 Å². The van der Waals surface area contributed by atoms with Crippen LogP contribution in [0.3, 0.4) is 0 Å². The lowest BCUT2D eigenvalue weighted by molar-refractivity contribution is 0.924. The molecule has 0 saturated heterocycles. The highest BCUT2D eigenvalue weighted by atomic mass is 15.4. The van der Waals surface area contributed by atoms with Gasteiger partial charge in [-0.25, -0.2) is 0 Å². The molecule has 3 rings (SSSR count). The molecule has 0 spiro atoms. The van der Waals surface area contributed by atoms with Gasteiger partial charge in [0.25, 0.3) is 0 Å². The predicted molar refractivity (Wildman–Crippen MR) is 70.9 cm³/mol. The second-order valence-corrected chi connectivity index (χ2v) is 3.88. The molecule has 0 radical (unpaired) electrons. The Bertz CT molecular complexity index is 717. The van der Waals surface area contributed by atoms with Gasteiger partial charge in [0, 0.05) is 6.20 Å². The van der Waals surface area contributed by atoms with Crippen LogP contribution in [0.2, 0.25) is 0 Å². The van der Waals surface area contributed by atoms with Crippen LogP contribution in [0, 0.1) is 0 Å². The third-order valence-corrected chi connectivity index (χ3v) is 2.54. The normalized spacial score (nSPS) is 11.7. The van der Waals surface area contributed by atoms with Crippen molar-refractivity contribution in [3.63, 3.8) is 0 Å². The number of rotatable bonds is 3. The third kappa shape index (κ3) is 2.39. The molecule has 0 fully saturated rings. The topological polar surface area (TPSA) is 80.4 Å². The molecule has 7 nitrogen and oxygen atoms in total. The molecule has 19 heavy (non-hydrogen) atoms. The first-order valence-electron chi connectivity index (χ1n) is 5.72. The van der Waals surface area contributed by atoms with E-state index in [1.54, 1.807) is 16.8 Å². The van der Waals surface area contributed by atoms with Crippen molar-refractivity contribution in [1.82, 2.24) is 24.8 Å². The highest BCUT2D eigenvalue weighted by molar-refractivity contribution is 5.97. The largest absolute Gasteiger partial charge is 0.260 e. The number of hydrazone groups is 1. The number of nitrogens with zero attached hydrogens (tertiary/aromatic N) is 6. The molecule has 0 aromatic carbocycles. The Morgan fingerprint density at radius 1 is 1.26 bits per heavy atom. The van der Waals surface area contributed by atoms with E-state index in [0.717, 1.165) is 11.4 Å². The number of nitrogens with one attached hydrogen (secondary N) is 1. The van der Waals surface area contributed by atoms with Gasteiger partial charge in [-0.3, -0.25) is 10.4 Å². The maximum atomic E-state index is 4.25. The average Bonchev–Trinajstić information content (AvgIpc) is 2.93. The van der Waals surface area contributed by atoms with Crippen LogP contribution in [0.1, 0.15) is 12.6 Å². The fraction of sp³-hybridized carbons (Fsp3) is 0.0833. The maximum Gasteiger partial charge on any atom is 0.177 e. The summed E-state index contributed by atoms with van der Waals surface area (Å²) in [5.41, 5.74) is 5.18. The number of anilines is 1. The Kier molecular flexibility index (Phi) is 2.85. The minimum atomic E-state index is 0.614. The van der Waals surface area contributed by atoms with Crippen LogP contribution in [-0.2, 0) is 0 Å². The summed E-state index contributed by atoms with van der Waals surface area (Å²) in [4.78, 5) is 4.22. The van der Waals surface area contributed by atoms with Gasteiger partial charge in [0.15, 0.2) is 11.5 Å². The molecule has 0 aliphatic heterocycles. The minimum absolute atomic E-state index is 0.614. The van der Waals surface area contributed by atoms with E-state index in [1.807, 2.05) is 31.2 Å². The van der Waals surface area contributed by atoms with Crippen LogP contribution in [0.4, 0.5) is 5.82 Å². The zero-order valence-corrected chi connectivity index (χ0v) is 10.2. The summed E-state index contributed by atoms with van der Waals surface area (Å²) in [5.74, 6) is 0.614. The molecule has 1 N–H and O–H groups in total. The van der Waals surface area contributed by atoms with Crippen molar-refractivity contribution in [2.75, 3.05) is 5.43 Å². The smallest absolute Gasteiger partial charge is 0.177 e. The lowest BCUT2D eigenvalue weighted by atomic mass is 10.3. The Morgan fingerprint density at radius 3 is 3.05 bits per heavy atom. The van der Waals surface area contributed by atoms with E-state index in [1.165, 1.54) is 6.33 Å². The number of hydrogen-bond acceptors (Lipinski definition) is 6. The van der Waals surface area contributed by atoms with Gasteiger partial charge in [-0.05, 0) is 31.2 Å².